The molecule has 0 saturated carbocycles. The molecule has 116 valence electrons. The van der Waals surface area contributed by atoms with Crippen LogP contribution in [0.25, 0.3) is 0 Å². The van der Waals surface area contributed by atoms with Crippen molar-refractivity contribution in [1.29, 1.82) is 0 Å². The van der Waals surface area contributed by atoms with Crippen molar-refractivity contribution in [2.45, 2.75) is 27.2 Å². The third kappa shape index (κ3) is 5.20. The molecule has 1 amide bonds. The molecule has 1 heterocycles. The predicted octanol–water partition coefficient (Wildman–Crippen LogP) is 3.64. The topological polar surface area (TPSA) is 54.0 Å². The van der Waals surface area contributed by atoms with E-state index in [-0.39, 0.29) is 5.91 Å². The predicted molar refractivity (Wildman–Crippen MR) is 91.1 cm³/mol. The third-order valence-corrected chi connectivity index (χ3v) is 3.23. The largest absolute Gasteiger partial charge is 0.384 e. The first-order valence-corrected chi connectivity index (χ1v) is 7.58. The number of carbonyl (C=O) groups is 1. The van der Waals surface area contributed by atoms with E-state index in [4.69, 9.17) is 0 Å². The summed E-state index contributed by atoms with van der Waals surface area (Å²) in [7, 11) is 0. The molecule has 0 bridgehead atoms. The van der Waals surface area contributed by atoms with Crippen LogP contribution in [0, 0.1) is 12.8 Å². The zero-order valence-corrected chi connectivity index (χ0v) is 13.4. The highest BCUT2D eigenvalue weighted by molar-refractivity contribution is 5.91. The molecule has 4 heteroatoms. The molecule has 0 aliphatic rings. The summed E-state index contributed by atoms with van der Waals surface area (Å²) in [6.07, 6.45) is 2.10. The Bertz CT molecular complexity index is 603. The number of amides is 1. The molecule has 0 aliphatic carbocycles. The summed E-state index contributed by atoms with van der Waals surface area (Å²) in [6.45, 7) is 7.24. The number of nitrogens with one attached hydrogen (secondary N) is 2. The van der Waals surface area contributed by atoms with Crippen LogP contribution in [-0.4, -0.2) is 17.4 Å². The van der Waals surface area contributed by atoms with Crippen molar-refractivity contribution < 1.29 is 4.79 Å². The quantitative estimate of drug-likeness (QED) is 0.856. The summed E-state index contributed by atoms with van der Waals surface area (Å²) >= 11 is 0. The second kappa shape index (κ2) is 7.59. The Labute approximate surface area is 132 Å². The van der Waals surface area contributed by atoms with Crippen molar-refractivity contribution >= 4 is 17.4 Å². The lowest BCUT2D eigenvalue weighted by Crippen LogP contribution is -2.15. The number of hydrogen-bond donors (Lipinski definition) is 2. The molecule has 2 rings (SSSR count). The maximum absolute atomic E-state index is 12.0. The minimum Gasteiger partial charge on any atom is -0.384 e. The summed E-state index contributed by atoms with van der Waals surface area (Å²) in [4.78, 5) is 16.3. The van der Waals surface area contributed by atoms with Crippen molar-refractivity contribution in [3.05, 3.63) is 53.7 Å². The Kier molecular flexibility index (Phi) is 5.53. The molecule has 2 N–H and O–H groups in total. The smallest absolute Gasteiger partial charge is 0.229 e. The van der Waals surface area contributed by atoms with Gasteiger partial charge in [0, 0.05) is 6.54 Å². The summed E-state index contributed by atoms with van der Waals surface area (Å²) in [5, 5.41) is 6.11. The van der Waals surface area contributed by atoms with Gasteiger partial charge in [-0.25, -0.2) is 4.98 Å². The van der Waals surface area contributed by atoms with Gasteiger partial charge in [-0.3, -0.25) is 4.79 Å². The number of rotatable bonds is 6. The number of pyridine rings is 1. The molecular formula is C18H23N3O. The van der Waals surface area contributed by atoms with Gasteiger partial charge >= 0.3 is 0 Å². The van der Waals surface area contributed by atoms with E-state index in [9.17, 15) is 4.79 Å². The van der Waals surface area contributed by atoms with Crippen LogP contribution in [0.3, 0.4) is 0 Å². The van der Waals surface area contributed by atoms with Crippen molar-refractivity contribution in [1.82, 2.24) is 4.98 Å². The second-order valence-corrected chi connectivity index (χ2v) is 5.92. The van der Waals surface area contributed by atoms with Crippen LogP contribution in [0.2, 0.25) is 0 Å². The number of hydrogen-bond acceptors (Lipinski definition) is 3. The van der Waals surface area contributed by atoms with Crippen LogP contribution < -0.4 is 10.6 Å². The highest BCUT2D eigenvalue weighted by Crippen LogP contribution is 2.11. The lowest BCUT2D eigenvalue weighted by Gasteiger charge is -2.09. The van der Waals surface area contributed by atoms with Crippen LogP contribution in [0.5, 0.6) is 0 Å². The van der Waals surface area contributed by atoms with Gasteiger partial charge in [-0.1, -0.05) is 43.7 Å². The number of aromatic nitrogens is 1. The summed E-state index contributed by atoms with van der Waals surface area (Å²) < 4.78 is 0. The Balaban J connectivity index is 1.87. The van der Waals surface area contributed by atoms with Gasteiger partial charge in [0.25, 0.3) is 0 Å². The van der Waals surface area contributed by atoms with E-state index >= 15 is 0 Å². The summed E-state index contributed by atoms with van der Waals surface area (Å²) in [5.41, 5.74) is 3.15. The zero-order valence-electron chi connectivity index (χ0n) is 13.4. The van der Waals surface area contributed by atoms with Crippen LogP contribution in [0.4, 0.5) is 11.5 Å². The molecule has 0 unspecified atom stereocenters. The number of carbonyl (C=O) groups excluding carboxylic acids is 1. The van der Waals surface area contributed by atoms with Crippen molar-refractivity contribution in [2.24, 2.45) is 5.92 Å². The van der Waals surface area contributed by atoms with Crippen LogP contribution in [-0.2, 0) is 11.2 Å². The van der Waals surface area contributed by atoms with E-state index in [0.29, 0.717) is 18.2 Å². The highest BCUT2D eigenvalue weighted by atomic mass is 16.1. The molecule has 0 aliphatic heterocycles. The van der Waals surface area contributed by atoms with E-state index in [1.807, 2.05) is 43.3 Å². The van der Waals surface area contributed by atoms with Crippen molar-refractivity contribution in [3.8, 4) is 0 Å². The van der Waals surface area contributed by atoms with E-state index in [1.54, 1.807) is 6.20 Å². The maximum atomic E-state index is 12.0. The molecule has 0 saturated heterocycles. The van der Waals surface area contributed by atoms with Gasteiger partial charge in [0.05, 0.1) is 18.3 Å². The molecule has 0 atom stereocenters. The summed E-state index contributed by atoms with van der Waals surface area (Å²) in [6, 6.07) is 11.7. The molecule has 2 aromatic rings. The number of aryl methyl sites for hydroxylation is 1. The molecule has 1 aromatic carbocycles. The normalized spacial score (nSPS) is 10.5. The van der Waals surface area contributed by atoms with E-state index in [1.165, 1.54) is 5.56 Å². The van der Waals surface area contributed by atoms with Gasteiger partial charge in [-0.2, -0.15) is 0 Å². The Morgan fingerprint density at radius 2 is 1.86 bits per heavy atom. The highest BCUT2D eigenvalue weighted by Gasteiger charge is 2.05. The summed E-state index contributed by atoms with van der Waals surface area (Å²) in [5.74, 6) is 1.10. The maximum Gasteiger partial charge on any atom is 0.229 e. The Morgan fingerprint density at radius 1 is 1.14 bits per heavy atom. The molecular weight excluding hydrogens is 274 g/mol. The fraction of sp³-hybridized carbons (Fsp3) is 0.333. The van der Waals surface area contributed by atoms with Gasteiger partial charge in [0.15, 0.2) is 0 Å². The minimum absolute atomic E-state index is 0.0563. The first-order chi connectivity index (χ1) is 10.5. The van der Waals surface area contributed by atoms with E-state index in [0.717, 1.165) is 17.8 Å². The number of nitrogens with zero attached hydrogens (tertiary/aromatic N) is 1. The standard InChI is InChI=1S/C18H23N3O/c1-13(2)11-19-16-8-9-17(20-12-16)21-18(22)10-15-6-4-14(3)5-7-15/h4-9,12-13,19H,10-11H2,1-3H3,(H,20,21,22). The first-order valence-electron chi connectivity index (χ1n) is 7.58. The molecule has 0 spiro atoms. The van der Waals surface area contributed by atoms with E-state index in [2.05, 4.69) is 29.5 Å². The SMILES string of the molecule is Cc1ccc(CC(=O)Nc2ccc(NCC(C)C)cn2)cc1. The fourth-order valence-electron chi connectivity index (χ4n) is 1.97. The van der Waals surface area contributed by atoms with Gasteiger partial charge in [0.2, 0.25) is 5.91 Å². The monoisotopic (exact) mass is 297 g/mol. The average Bonchev–Trinajstić information content (AvgIpc) is 2.49. The lowest BCUT2D eigenvalue weighted by atomic mass is 10.1. The molecule has 0 fully saturated rings. The molecule has 0 radical (unpaired) electrons. The lowest BCUT2D eigenvalue weighted by molar-refractivity contribution is -0.115. The molecule has 1 aromatic heterocycles. The number of benzene rings is 1. The van der Waals surface area contributed by atoms with Crippen molar-refractivity contribution in [3.63, 3.8) is 0 Å². The van der Waals surface area contributed by atoms with Crippen molar-refractivity contribution in [2.75, 3.05) is 17.2 Å². The van der Waals surface area contributed by atoms with E-state index < -0.39 is 0 Å². The molecule has 4 nitrogen and oxygen atoms in total. The van der Waals surface area contributed by atoms with Gasteiger partial charge < -0.3 is 10.6 Å². The number of anilines is 2. The molecule has 22 heavy (non-hydrogen) atoms. The van der Waals surface area contributed by atoms with Crippen LogP contribution in [0.15, 0.2) is 42.6 Å². The van der Waals surface area contributed by atoms with Crippen LogP contribution >= 0.6 is 0 Å². The third-order valence-electron chi connectivity index (χ3n) is 3.23. The zero-order chi connectivity index (χ0) is 15.9. The second-order valence-electron chi connectivity index (χ2n) is 5.92. The van der Waals surface area contributed by atoms with Gasteiger partial charge in [-0.05, 0) is 30.5 Å². The average molecular weight is 297 g/mol. The Hall–Kier alpha value is -2.36. The first kappa shape index (κ1) is 16.0. The van der Waals surface area contributed by atoms with Crippen LogP contribution in [0.1, 0.15) is 25.0 Å². The Morgan fingerprint density at radius 3 is 2.45 bits per heavy atom. The minimum atomic E-state index is -0.0563. The fourth-order valence-corrected chi connectivity index (χ4v) is 1.97. The van der Waals surface area contributed by atoms with Gasteiger partial charge in [0.1, 0.15) is 5.82 Å². The van der Waals surface area contributed by atoms with Gasteiger partial charge in [-0.15, -0.1) is 0 Å².